The van der Waals surface area contributed by atoms with E-state index in [1.807, 2.05) is 18.2 Å². The summed E-state index contributed by atoms with van der Waals surface area (Å²) in [5, 5.41) is 0. The molecule has 2 fully saturated rings. The van der Waals surface area contributed by atoms with Gasteiger partial charge in [0.05, 0.1) is 6.61 Å². The van der Waals surface area contributed by atoms with Crippen molar-refractivity contribution in [1.82, 2.24) is 0 Å². The van der Waals surface area contributed by atoms with Crippen molar-refractivity contribution in [3.8, 4) is 5.75 Å². The van der Waals surface area contributed by atoms with Crippen LogP contribution in [0.3, 0.4) is 0 Å². The molecule has 100 valence electrons. The minimum absolute atomic E-state index is 0.398. The molecule has 3 rings (SSSR count). The maximum Gasteiger partial charge on any atom is 0.235 e. The fourth-order valence-corrected chi connectivity index (χ4v) is 2.89. The summed E-state index contributed by atoms with van der Waals surface area (Å²) in [6.45, 7) is 0.773. The fraction of sp³-hybridized carbons (Fsp3) is 0.533. The van der Waals surface area contributed by atoms with Crippen molar-refractivity contribution in [2.24, 2.45) is 10.9 Å². The minimum atomic E-state index is -0.398. The van der Waals surface area contributed by atoms with Gasteiger partial charge in [-0.1, -0.05) is 15.9 Å². The zero-order chi connectivity index (χ0) is 13.3. The van der Waals surface area contributed by atoms with E-state index in [2.05, 4.69) is 20.9 Å². The number of benzene rings is 1. The van der Waals surface area contributed by atoms with Crippen LogP contribution in [0.5, 0.6) is 5.75 Å². The highest BCUT2D eigenvalue weighted by molar-refractivity contribution is 9.10. The maximum atomic E-state index is 10.7. The second kappa shape index (κ2) is 5.10. The van der Waals surface area contributed by atoms with Gasteiger partial charge in [0.15, 0.2) is 0 Å². The van der Waals surface area contributed by atoms with Crippen molar-refractivity contribution in [3.05, 3.63) is 28.2 Å². The van der Waals surface area contributed by atoms with Crippen molar-refractivity contribution in [2.75, 3.05) is 6.61 Å². The highest BCUT2D eigenvalue weighted by Crippen LogP contribution is 2.49. The van der Waals surface area contributed by atoms with E-state index >= 15 is 0 Å². The Morgan fingerprint density at radius 3 is 2.79 bits per heavy atom. The molecule has 2 saturated carbocycles. The zero-order valence-electron chi connectivity index (χ0n) is 10.7. The van der Waals surface area contributed by atoms with Crippen LogP contribution in [0, 0.1) is 5.92 Å². The molecule has 0 radical (unpaired) electrons. The fourth-order valence-electron chi connectivity index (χ4n) is 2.52. The first kappa shape index (κ1) is 12.9. The van der Waals surface area contributed by atoms with Crippen molar-refractivity contribution in [2.45, 2.75) is 37.6 Å². The number of carbonyl (C=O) groups excluding carboxylic acids is 1. The van der Waals surface area contributed by atoms with Crippen molar-refractivity contribution in [1.29, 1.82) is 0 Å². The van der Waals surface area contributed by atoms with Gasteiger partial charge in [-0.25, -0.2) is 4.79 Å². The summed E-state index contributed by atoms with van der Waals surface area (Å²) in [4.78, 5) is 14.8. The monoisotopic (exact) mass is 321 g/mol. The van der Waals surface area contributed by atoms with Crippen LogP contribution in [0.2, 0.25) is 0 Å². The van der Waals surface area contributed by atoms with Gasteiger partial charge < -0.3 is 4.74 Å². The Kier molecular flexibility index (Phi) is 3.46. The first-order valence-corrected chi connectivity index (χ1v) is 7.55. The molecule has 0 aliphatic heterocycles. The van der Waals surface area contributed by atoms with E-state index in [0.29, 0.717) is 5.92 Å². The lowest BCUT2D eigenvalue weighted by Crippen LogP contribution is -2.32. The molecule has 0 amide bonds. The van der Waals surface area contributed by atoms with Crippen molar-refractivity contribution in [3.63, 3.8) is 0 Å². The summed E-state index contributed by atoms with van der Waals surface area (Å²) in [7, 11) is 0. The standard InChI is InChI=1S/C15H16BrNO2/c16-12-4-5-14(19-9-11-2-3-11)13(8-12)15(17-10-18)6-1-7-15/h4-5,8,11H,1-3,6-7,9H2. The summed E-state index contributed by atoms with van der Waals surface area (Å²) < 4.78 is 6.93. The molecule has 2 aliphatic carbocycles. The van der Waals surface area contributed by atoms with E-state index in [1.54, 1.807) is 6.08 Å². The summed E-state index contributed by atoms with van der Waals surface area (Å²) in [6.07, 6.45) is 7.17. The van der Waals surface area contributed by atoms with E-state index in [4.69, 9.17) is 4.74 Å². The second-order valence-corrected chi connectivity index (χ2v) is 6.40. The lowest BCUT2D eigenvalue weighted by molar-refractivity contribution is 0.233. The number of hydrogen-bond donors (Lipinski definition) is 0. The van der Waals surface area contributed by atoms with Crippen LogP contribution >= 0.6 is 15.9 Å². The maximum absolute atomic E-state index is 10.7. The van der Waals surface area contributed by atoms with Gasteiger partial charge in [-0.3, -0.25) is 0 Å². The van der Waals surface area contributed by atoms with Crippen LogP contribution in [-0.2, 0) is 10.3 Å². The van der Waals surface area contributed by atoms with Gasteiger partial charge in [-0.2, -0.15) is 4.99 Å². The van der Waals surface area contributed by atoms with Crippen molar-refractivity contribution < 1.29 is 9.53 Å². The van der Waals surface area contributed by atoms with Crippen LogP contribution in [0.25, 0.3) is 0 Å². The lowest BCUT2D eigenvalue weighted by Gasteiger charge is -2.38. The number of aliphatic imine (C=N–C) groups is 1. The van der Waals surface area contributed by atoms with Gasteiger partial charge in [0, 0.05) is 10.0 Å². The van der Waals surface area contributed by atoms with E-state index in [0.717, 1.165) is 41.7 Å². The van der Waals surface area contributed by atoms with Gasteiger partial charge in [0.1, 0.15) is 11.3 Å². The summed E-state index contributed by atoms with van der Waals surface area (Å²) in [6, 6.07) is 5.98. The van der Waals surface area contributed by atoms with Crippen LogP contribution < -0.4 is 4.74 Å². The predicted molar refractivity (Wildman–Crippen MR) is 76.0 cm³/mol. The van der Waals surface area contributed by atoms with Crippen LogP contribution in [-0.4, -0.2) is 12.7 Å². The molecule has 4 heteroatoms. The molecule has 0 aromatic heterocycles. The molecule has 0 N–H and O–H groups in total. The van der Waals surface area contributed by atoms with Crippen LogP contribution in [0.1, 0.15) is 37.7 Å². The normalized spacial score (nSPS) is 20.3. The predicted octanol–water partition coefficient (Wildman–Crippen LogP) is 3.95. The molecule has 0 saturated heterocycles. The average Bonchev–Trinajstić information content (AvgIpc) is 3.16. The third kappa shape index (κ3) is 2.60. The molecule has 0 spiro atoms. The van der Waals surface area contributed by atoms with Gasteiger partial charge in [0.2, 0.25) is 6.08 Å². The highest BCUT2D eigenvalue weighted by Gasteiger charge is 2.41. The molecular weight excluding hydrogens is 306 g/mol. The van der Waals surface area contributed by atoms with Gasteiger partial charge in [0.25, 0.3) is 0 Å². The number of halogens is 1. The minimum Gasteiger partial charge on any atom is -0.493 e. The van der Waals surface area contributed by atoms with E-state index in [-0.39, 0.29) is 0 Å². The molecular formula is C15H16BrNO2. The van der Waals surface area contributed by atoms with Gasteiger partial charge in [-0.05, 0) is 56.2 Å². The SMILES string of the molecule is O=C=NC1(c2cc(Br)ccc2OCC2CC2)CCC1. The van der Waals surface area contributed by atoms with E-state index in [1.165, 1.54) is 12.8 Å². The largest absolute Gasteiger partial charge is 0.493 e. The van der Waals surface area contributed by atoms with E-state index in [9.17, 15) is 4.79 Å². The Hall–Kier alpha value is -1.12. The highest BCUT2D eigenvalue weighted by atomic mass is 79.9. The molecule has 0 heterocycles. The number of rotatable bonds is 5. The number of isocyanates is 1. The van der Waals surface area contributed by atoms with Gasteiger partial charge in [-0.15, -0.1) is 0 Å². The summed E-state index contributed by atoms with van der Waals surface area (Å²) >= 11 is 3.49. The first-order chi connectivity index (χ1) is 9.23. The van der Waals surface area contributed by atoms with Crippen molar-refractivity contribution >= 4 is 22.0 Å². The molecule has 1 aromatic rings. The number of hydrogen-bond acceptors (Lipinski definition) is 3. The second-order valence-electron chi connectivity index (χ2n) is 5.48. The Bertz CT molecular complexity index is 529. The zero-order valence-corrected chi connectivity index (χ0v) is 12.3. The first-order valence-electron chi connectivity index (χ1n) is 6.75. The topological polar surface area (TPSA) is 38.7 Å². The summed E-state index contributed by atoms with van der Waals surface area (Å²) in [5.41, 5.74) is 0.627. The molecule has 1 aromatic carbocycles. The molecule has 2 aliphatic rings. The smallest absolute Gasteiger partial charge is 0.235 e. The summed E-state index contributed by atoms with van der Waals surface area (Å²) in [5.74, 6) is 1.58. The van der Waals surface area contributed by atoms with Crippen LogP contribution in [0.15, 0.2) is 27.7 Å². The lowest BCUT2D eigenvalue weighted by atomic mass is 9.72. The molecule has 0 bridgehead atoms. The number of nitrogens with zero attached hydrogens (tertiary/aromatic N) is 1. The molecule has 19 heavy (non-hydrogen) atoms. The Balaban J connectivity index is 1.92. The molecule has 3 nitrogen and oxygen atoms in total. The number of ether oxygens (including phenoxy) is 1. The van der Waals surface area contributed by atoms with E-state index < -0.39 is 5.54 Å². The molecule has 0 atom stereocenters. The third-order valence-corrected chi connectivity index (χ3v) is 4.55. The molecule has 0 unspecified atom stereocenters. The quantitative estimate of drug-likeness (QED) is 0.608. The average molecular weight is 322 g/mol. The van der Waals surface area contributed by atoms with Crippen LogP contribution in [0.4, 0.5) is 0 Å². The Morgan fingerprint density at radius 1 is 1.42 bits per heavy atom. The Morgan fingerprint density at radius 2 is 2.21 bits per heavy atom. The Labute approximate surface area is 121 Å². The van der Waals surface area contributed by atoms with Gasteiger partial charge >= 0.3 is 0 Å². The third-order valence-electron chi connectivity index (χ3n) is 4.05.